The molecule has 0 bridgehead atoms. The van der Waals surface area contributed by atoms with Gasteiger partial charge in [-0.3, -0.25) is 9.59 Å². The quantitative estimate of drug-likeness (QED) is 0.696. The van der Waals surface area contributed by atoms with Gasteiger partial charge < -0.3 is 15.3 Å². The molecule has 2 N–H and O–H groups in total. The number of aromatic hydroxyl groups is 1. The molecule has 0 radical (unpaired) electrons. The molecule has 1 rings (SSSR count). The second-order valence-corrected chi connectivity index (χ2v) is 7.41. The number of anilines is 1. The number of benzene rings is 1. The first-order chi connectivity index (χ1) is 11.7. The molecule has 5 heteroatoms. The maximum Gasteiger partial charge on any atom is 0.224 e. The Balaban J connectivity index is 2.66. The molecule has 0 saturated heterocycles. The van der Waals surface area contributed by atoms with Crippen molar-refractivity contribution in [1.29, 1.82) is 0 Å². The van der Waals surface area contributed by atoms with Crippen LogP contribution < -0.4 is 5.32 Å². The highest BCUT2D eigenvalue weighted by Crippen LogP contribution is 2.30. The van der Waals surface area contributed by atoms with Gasteiger partial charge in [-0.1, -0.05) is 40.7 Å². The predicted octanol–water partition coefficient (Wildman–Crippen LogP) is 4.06. The standard InChI is InChI=1S/C20H32N2O3/c1-6-12-22(13-7-2)19(25)11-10-18(24)21-16-14-15(20(3,4)5)8-9-17(16)23/h8-9,14,23H,6-7,10-13H2,1-5H3,(H,21,24). The van der Waals surface area contributed by atoms with Gasteiger partial charge in [0.05, 0.1) is 5.69 Å². The molecule has 0 spiro atoms. The van der Waals surface area contributed by atoms with Gasteiger partial charge in [-0.2, -0.15) is 0 Å². The molecular weight excluding hydrogens is 316 g/mol. The zero-order chi connectivity index (χ0) is 19.0. The maximum atomic E-state index is 12.2. The second-order valence-electron chi connectivity index (χ2n) is 7.41. The second kappa shape index (κ2) is 9.44. The molecule has 0 fully saturated rings. The number of rotatable bonds is 8. The van der Waals surface area contributed by atoms with Crippen LogP contribution in [0.4, 0.5) is 5.69 Å². The van der Waals surface area contributed by atoms with Crippen molar-refractivity contribution in [1.82, 2.24) is 4.90 Å². The number of hydrogen-bond donors (Lipinski definition) is 2. The number of phenolic OH excluding ortho intramolecular Hbond substituents is 1. The van der Waals surface area contributed by atoms with Crippen LogP contribution in [0.3, 0.4) is 0 Å². The van der Waals surface area contributed by atoms with E-state index >= 15 is 0 Å². The summed E-state index contributed by atoms with van der Waals surface area (Å²) in [6.45, 7) is 11.7. The van der Waals surface area contributed by atoms with Crippen molar-refractivity contribution in [2.75, 3.05) is 18.4 Å². The monoisotopic (exact) mass is 348 g/mol. The zero-order valence-corrected chi connectivity index (χ0v) is 16.2. The topological polar surface area (TPSA) is 69.6 Å². The Hall–Kier alpha value is -2.04. The molecule has 0 heterocycles. The van der Waals surface area contributed by atoms with Crippen LogP contribution in [0.1, 0.15) is 65.9 Å². The summed E-state index contributed by atoms with van der Waals surface area (Å²) in [7, 11) is 0. The molecule has 1 aromatic rings. The number of phenols is 1. The SMILES string of the molecule is CCCN(CCC)C(=O)CCC(=O)Nc1cc(C(C)(C)C)ccc1O. The van der Waals surface area contributed by atoms with E-state index in [0.29, 0.717) is 5.69 Å². The highest BCUT2D eigenvalue weighted by atomic mass is 16.3. The minimum absolute atomic E-state index is 0.00603. The summed E-state index contributed by atoms with van der Waals surface area (Å²) in [4.78, 5) is 26.2. The first kappa shape index (κ1) is 21.0. The fourth-order valence-electron chi connectivity index (χ4n) is 2.59. The van der Waals surface area contributed by atoms with Gasteiger partial charge in [0.2, 0.25) is 11.8 Å². The summed E-state index contributed by atoms with van der Waals surface area (Å²) in [5.74, 6) is -0.222. The Kier molecular flexibility index (Phi) is 7.94. The number of nitrogens with one attached hydrogen (secondary N) is 1. The summed E-state index contributed by atoms with van der Waals surface area (Å²) in [5.41, 5.74) is 1.34. The number of hydrogen-bond acceptors (Lipinski definition) is 3. The fraction of sp³-hybridized carbons (Fsp3) is 0.600. The summed E-state index contributed by atoms with van der Waals surface area (Å²) in [6.07, 6.45) is 2.12. The number of carbonyl (C=O) groups is 2. The summed E-state index contributed by atoms with van der Waals surface area (Å²) in [5, 5.41) is 12.7. The molecule has 0 atom stereocenters. The van der Waals surface area contributed by atoms with E-state index in [1.807, 2.05) is 24.8 Å². The van der Waals surface area contributed by atoms with E-state index < -0.39 is 0 Å². The van der Waals surface area contributed by atoms with E-state index in [-0.39, 0.29) is 35.8 Å². The molecular formula is C20H32N2O3. The van der Waals surface area contributed by atoms with Crippen LogP contribution in [0.15, 0.2) is 18.2 Å². The van der Waals surface area contributed by atoms with Crippen LogP contribution in [-0.2, 0) is 15.0 Å². The van der Waals surface area contributed by atoms with Crippen molar-refractivity contribution in [3.05, 3.63) is 23.8 Å². The Labute approximate surface area is 151 Å². The molecule has 140 valence electrons. The summed E-state index contributed by atoms with van der Waals surface area (Å²) in [6, 6.07) is 5.23. The van der Waals surface area contributed by atoms with E-state index in [0.717, 1.165) is 31.5 Å². The highest BCUT2D eigenvalue weighted by molar-refractivity contribution is 5.94. The normalized spacial score (nSPS) is 11.2. The lowest BCUT2D eigenvalue weighted by Crippen LogP contribution is -2.33. The molecule has 1 aromatic carbocycles. The van der Waals surface area contributed by atoms with Gasteiger partial charge in [0.1, 0.15) is 5.75 Å². The van der Waals surface area contributed by atoms with Crippen LogP contribution in [-0.4, -0.2) is 34.9 Å². The van der Waals surface area contributed by atoms with Gasteiger partial charge in [-0.15, -0.1) is 0 Å². The average molecular weight is 348 g/mol. The first-order valence-electron chi connectivity index (χ1n) is 9.10. The lowest BCUT2D eigenvalue weighted by molar-refractivity contribution is -0.132. The Morgan fingerprint density at radius 2 is 1.68 bits per heavy atom. The van der Waals surface area contributed by atoms with E-state index in [1.165, 1.54) is 0 Å². The number of carbonyl (C=O) groups excluding carboxylic acids is 2. The maximum absolute atomic E-state index is 12.2. The fourth-order valence-corrected chi connectivity index (χ4v) is 2.59. The van der Waals surface area contributed by atoms with E-state index in [2.05, 4.69) is 26.1 Å². The Morgan fingerprint density at radius 1 is 1.08 bits per heavy atom. The third-order valence-corrected chi connectivity index (χ3v) is 4.04. The van der Waals surface area contributed by atoms with Crippen LogP contribution in [0.25, 0.3) is 0 Å². The van der Waals surface area contributed by atoms with Gasteiger partial charge in [0, 0.05) is 25.9 Å². The minimum Gasteiger partial charge on any atom is -0.506 e. The molecule has 0 aliphatic carbocycles. The molecule has 0 aliphatic heterocycles. The van der Waals surface area contributed by atoms with Crippen molar-refractivity contribution in [2.24, 2.45) is 0 Å². The van der Waals surface area contributed by atoms with Crippen molar-refractivity contribution >= 4 is 17.5 Å². The van der Waals surface area contributed by atoms with Gasteiger partial charge in [-0.25, -0.2) is 0 Å². The number of amides is 2. The third kappa shape index (κ3) is 6.77. The Bertz CT molecular complexity index is 585. The average Bonchev–Trinajstić information content (AvgIpc) is 2.53. The van der Waals surface area contributed by atoms with Crippen LogP contribution in [0.2, 0.25) is 0 Å². The van der Waals surface area contributed by atoms with Gasteiger partial charge in [0.15, 0.2) is 0 Å². The Morgan fingerprint density at radius 3 is 2.20 bits per heavy atom. The highest BCUT2D eigenvalue weighted by Gasteiger charge is 2.17. The smallest absolute Gasteiger partial charge is 0.224 e. The molecule has 5 nitrogen and oxygen atoms in total. The lowest BCUT2D eigenvalue weighted by atomic mass is 9.87. The van der Waals surface area contributed by atoms with Crippen LogP contribution in [0, 0.1) is 0 Å². The van der Waals surface area contributed by atoms with Crippen molar-refractivity contribution in [2.45, 2.75) is 65.7 Å². The van der Waals surface area contributed by atoms with Crippen molar-refractivity contribution < 1.29 is 14.7 Å². The molecule has 0 aromatic heterocycles. The number of nitrogens with zero attached hydrogens (tertiary/aromatic N) is 1. The molecule has 0 unspecified atom stereocenters. The van der Waals surface area contributed by atoms with Crippen molar-refractivity contribution in [3.63, 3.8) is 0 Å². The first-order valence-corrected chi connectivity index (χ1v) is 9.10. The summed E-state index contributed by atoms with van der Waals surface area (Å²) < 4.78 is 0. The van der Waals surface area contributed by atoms with E-state index in [1.54, 1.807) is 12.1 Å². The van der Waals surface area contributed by atoms with E-state index in [9.17, 15) is 14.7 Å². The predicted molar refractivity (Wildman–Crippen MR) is 102 cm³/mol. The lowest BCUT2D eigenvalue weighted by Gasteiger charge is -2.22. The van der Waals surface area contributed by atoms with Gasteiger partial charge in [-0.05, 0) is 36.0 Å². The van der Waals surface area contributed by atoms with Crippen LogP contribution in [0.5, 0.6) is 5.75 Å². The van der Waals surface area contributed by atoms with Gasteiger partial charge >= 0.3 is 0 Å². The largest absolute Gasteiger partial charge is 0.506 e. The van der Waals surface area contributed by atoms with Crippen molar-refractivity contribution in [3.8, 4) is 5.75 Å². The van der Waals surface area contributed by atoms with Crippen LogP contribution >= 0.6 is 0 Å². The van der Waals surface area contributed by atoms with E-state index in [4.69, 9.17) is 0 Å². The molecule has 0 saturated carbocycles. The summed E-state index contributed by atoms with van der Waals surface area (Å²) >= 11 is 0. The molecule has 2 amide bonds. The zero-order valence-electron chi connectivity index (χ0n) is 16.2. The third-order valence-electron chi connectivity index (χ3n) is 4.04. The molecule has 25 heavy (non-hydrogen) atoms. The minimum atomic E-state index is -0.261. The molecule has 0 aliphatic rings. The van der Waals surface area contributed by atoms with Gasteiger partial charge in [0.25, 0.3) is 0 Å².